The number of anilines is 1. The molecule has 0 saturated heterocycles. The van der Waals surface area contributed by atoms with Crippen molar-refractivity contribution in [3.63, 3.8) is 0 Å². The maximum Gasteiger partial charge on any atom is 0.338 e. The third-order valence-corrected chi connectivity index (χ3v) is 4.24. The van der Waals surface area contributed by atoms with Crippen molar-refractivity contribution < 1.29 is 14.3 Å². The van der Waals surface area contributed by atoms with Crippen LogP contribution >= 0.6 is 0 Å². The smallest absolute Gasteiger partial charge is 0.338 e. The lowest BCUT2D eigenvalue weighted by atomic mass is 9.70. The zero-order valence-electron chi connectivity index (χ0n) is 12.2. The zero-order valence-corrected chi connectivity index (χ0v) is 12.2. The number of carbonyl (C=O) groups is 1. The summed E-state index contributed by atoms with van der Waals surface area (Å²) >= 11 is 0. The molecule has 1 aromatic rings. The van der Waals surface area contributed by atoms with Crippen molar-refractivity contribution >= 4 is 11.7 Å². The van der Waals surface area contributed by atoms with Crippen LogP contribution in [-0.2, 0) is 0 Å². The summed E-state index contributed by atoms with van der Waals surface area (Å²) in [6.07, 6.45) is 3.33. The Hall–Kier alpha value is -1.58. The summed E-state index contributed by atoms with van der Waals surface area (Å²) in [6.45, 7) is 6.76. The molecule has 2 N–H and O–H groups in total. The highest BCUT2D eigenvalue weighted by atomic mass is 19.1. The van der Waals surface area contributed by atoms with E-state index in [9.17, 15) is 9.18 Å². The van der Waals surface area contributed by atoms with Gasteiger partial charge in [0, 0.05) is 11.7 Å². The number of halogens is 1. The first-order valence-electron chi connectivity index (χ1n) is 7.08. The Morgan fingerprint density at radius 1 is 1.45 bits per heavy atom. The maximum absolute atomic E-state index is 13.4. The monoisotopic (exact) mass is 279 g/mol. The van der Waals surface area contributed by atoms with Crippen molar-refractivity contribution in [1.29, 1.82) is 0 Å². The molecule has 2 atom stereocenters. The lowest BCUT2D eigenvalue weighted by molar-refractivity contribution is 0.0692. The van der Waals surface area contributed by atoms with E-state index in [2.05, 4.69) is 26.1 Å². The van der Waals surface area contributed by atoms with E-state index in [0.29, 0.717) is 23.1 Å². The van der Waals surface area contributed by atoms with E-state index in [1.165, 1.54) is 12.1 Å². The number of carboxylic acid groups (broad SMARTS) is 1. The minimum absolute atomic E-state index is 0.279. The molecule has 20 heavy (non-hydrogen) atoms. The number of benzene rings is 1. The van der Waals surface area contributed by atoms with Crippen molar-refractivity contribution in [2.45, 2.75) is 46.1 Å². The van der Waals surface area contributed by atoms with Gasteiger partial charge in [-0.3, -0.25) is 0 Å². The second-order valence-corrected chi connectivity index (χ2v) is 6.63. The van der Waals surface area contributed by atoms with E-state index in [1.54, 1.807) is 6.07 Å². The Labute approximate surface area is 119 Å². The van der Waals surface area contributed by atoms with Gasteiger partial charge in [0.2, 0.25) is 0 Å². The Bertz CT molecular complexity index is 513. The number of carboxylic acids is 1. The van der Waals surface area contributed by atoms with Gasteiger partial charge >= 0.3 is 5.97 Å². The summed E-state index contributed by atoms with van der Waals surface area (Å²) in [5.74, 6) is -1.41. The normalized spacial score (nSPS) is 25.2. The summed E-state index contributed by atoms with van der Waals surface area (Å²) < 4.78 is 13.4. The maximum atomic E-state index is 13.4. The number of aromatic carboxylic acids is 1. The third kappa shape index (κ3) is 3.30. The molecule has 2 rings (SSSR count). The van der Waals surface area contributed by atoms with Crippen LogP contribution in [0.4, 0.5) is 10.1 Å². The van der Waals surface area contributed by atoms with Gasteiger partial charge < -0.3 is 10.4 Å². The molecule has 1 aliphatic rings. The van der Waals surface area contributed by atoms with Crippen molar-refractivity contribution in [3.05, 3.63) is 29.6 Å². The Kier molecular flexibility index (Phi) is 4.02. The van der Waals surface area contributed by atoms with Crippen LogP contribution in [0.5, 0.6) is 0 Å². The molecule has 0 aliphatic heterocycles. The van der Waals surface area contributed by atoms with E-state index >= 15 is 0 Å². The molecule has 1 saturated carbocycles. The molecule has 0 spiro atoms. The van der Waals surface area contributed by atoms with Crippen LogP contribution in [0, 0.1) is 17.2 Å². The highest BCUT2D eigenvalue weighted by molar-refractivity contribution is 5.89. The minimum Gasteiger partial charge on any atom is -0.478 e. The van der Waals surface area contributed by atoms with Gasteiger partial charge in [0.25, 0.3) is 0 Å². The molecule has 0 bridgehead atoms. The van der Waals surface area contributed by atoms with E-state index in [4.69, 9.17) is 5.11 Å². The fourth-order valence-corrected chi connectivity index (χ4v) is 3.15. The molecule has 0 heterocycles. The van der Waals surface area contributed by atoms with Crippen molar-refractivity contribution in [3.8, 4) is 0 Å². The van der Waals surface area contributed by atoms with Crippen molar-refractivity contribution in [2.24, 2.45) is 11.3 Å². The van der Waals surface area contributed by atoms with Crippen molar-refractivity contribution in [1.82, 2.24) is 0 Å². The molecule has 4 heteroatoms. The predicted molar refractivity (Wildman–Crippen MR) is 77.6 cm³/mol. The van der Waals surface area contributed by atoms with E-state index in [1.807, 2.05) is 0 Å². The summed E-state index contributed by atoms with van der Waals surface area (Å²) in [7, 11) is 0. The lowest BCUT2D eigenvalue weighted by Crippen LogP contribution is -2.36. The average molecular weight is 279 g/mol. The highest BCUT2D eigenvalue weighted by Crippen LogP contribution is 2.39. The van der Waals surface area contributed by atoms with Gasteiger partial charge in [-0.25, -0.2) is 9.18 Å². The molecule has 0 radical (unpaired) electrons. The number of hydrogen-bond donors (Lipinski definition) is 2. The van der Waals surface area contributed by atoms with Crippen LogP contribution in [0.1, 0.15) is 50.4 Å². The second kappa shape index (κ2) is 5.43. The molecule has 1 aliphatic carbocycles. The SMILES string of the molecule is CC1CC(C)(C)CCC1Nc1ccc(F)c(C(=O)O)c1. The topological polar surface area (TPSA) is 49.3 Å². The van der Waals surface area contributed by atoms with Gasteiger partial charge in [0.15, 0.2) is 0 Å². The summed E-state index contributed by atoms with van der Waals surface area (Å²) in [4.78, 5) is 10.9. The molecule has 3 nitrogen and oxygen atoms in total. The fourth-order valence-electron chi connectivity index (χ4n) is 3.15. The fraction of sp³-hybridized carbons (Fsp3) is 0.562. The lowest BCUT2D eigenvalue weighted by Gasteiger charge is -2.40. The minimum atomic E-state index is -1.23. The molecule has 2 unspecified atom stereocenters. The first-order valence-corrected chi connectivity index (χ1v) is 7.08. The standard InChI is InChI=1S/C16H22FNO2/c1-10-9-16(2,3)7-6-14(10)18-11-4-5-13(17)12(8-11)15(19)20/h4-5,8,10,14,18H,6-7,9H2,1-3H3,(H,19,20). The van der Waals surface area contributed by atoms with Crippen LogP contribution in [-0.4, -0.2) is 17.1 Å². The largest absolute Gasteiger partial charge is 0.478 e. The average Bonchev–Trinajstić information content (AvgIpc) is 2.34. The molecule has 0 aromatic heterocycles. The van der Waals surface area contributed by atoms with Gasteiger partial charge in [-0.05, 0) is 48.8 Å². The van der Waals surface area contributed by atoms with Crippen LogP contribution in [0.3, 0.4) is 0 Å². The number of hydrogen-bond acceptors (Lipinski definition) is 2. The Morgan fingerprint density at radius 3 is 2.75 bits per heavy atom. The zero-order chi connectivity index (χ0) is 14.9. The summed E-state index contributed by atoms with van der Waals surface area (Å²) in [5.41, 5.74) is 0.770. The molecule has 1 aromatic carbocycles. The molecular weight excluding hydrogens is 257 g/mol. The summed E-state index contributed by atoms with van der Waals surface area (Å²) in [5, 5.41) is 12.3. The Morgan fingerprint density at radius 2 is 2.15 bits per heavy atom. The van der Waals surface area contributed by atoms with Gasteiger partial charge in [-0.15, -0.1) is 0 Å². The van der Waals surface area contributed by atoms with Crippen LogP contribution in [0.15, 0.2) is 18.2 Å². The van der Waals surface area contributed by atoms with Gasteiger partial charge in [-0.1, -0.05) is 20.8 Å². The van der Waals surface area contributed by atoms with Gasteiger partial charge in [-0.2, -0.15) is 0 Å². The van der Waals surface area contributed by atoms with Crippen LogP contribution < -0.4 is 5.32 Å². The predicted octanol–water partition coefficient (Wildman–Crippen LogP) is 4.15. The quantitative estimate of drug-likeness (QED) is 0.873. The second-order valence-electron chi connectivity index (χ2n) is 6.63. The van der Waals surface area contributed by atoms with Gasteiger partial charge in [0.1, 0.15) is 5.82 Å². The van der Waals surface area contributed by atoms with Crippen molar-refractivity contribution in [2.75, 3.05) is 5.32 Å². The molecule has 110 valence electrons. The molecule has 0 amide bonds. The molecule has 1 fully saturated rings. The van der Waals surface area contributed by atoms with E-state index < -0.39 is 11.8 Å². The van der Waals surface area contributed by atoms with Crippen LogP contribution in [0.25, 0.3) is 0 Å². The number of nitrogens with one attached hydrogen (secondary N) is 1. The number of rotatable bonds is 3. The molecular formula is C16H22FNO2. The van der Waals surface area contributed by atoms with Crippen LogP contribution in [0.2, 0.25) is 0 Å². The summed E-state index contributed by atoms with van der Waals surface area (Å²) in [6, 6.07) is 4.51. The first-order chi connectivity index (χ1) is 9.28. The highest BCUT2D eigenvalue weighted by Gasteiger charge is 2.32. The van der Waals surface area contributed by atoms with Gasteiger partial charge in [0.05, 0.1) is 5.56 Å². The first kappa shape index (κ1) is 14.8. The third-order valence-electron chi connectivity index (χ3n) is 4.24. The van der Waals surface area contributed by atoms with E-state index in [-0.39, 0.29) is 5.56 Å². The van der Waals surface area contributed by atoms with E-state index in [0.717, 1.165) is 19.3 Å². The Balaban J connectivity index is 2.11.